The second-order valence-corrected chi connectivity index (χ2v) is 4.94. The lowest BCUT2D eigenvalue weighted by Crippen LogP contribution is -2.21. The quantitative estimate of drug-likeness (QED) is 0.876. The number of carboxylic acids is 1. The maximum atomic E-state index is 11.2. The highest BCUT2D eigenvalue weighted by Gasteiger charge is 2.54. The van der Waals surface area contributed by atoms with E-state index in [1.165, 1.54) is 0 Å². The van der Waals surface area contributed by atoms with Gasteiger partial charge >= 0.3 is 5.97 Å². The van der Waals surface area contributed by atoms with Gasteiger partial charge in [0.15, 0.2) is 0 Å². The topological polar surface area (TPSA) is 59.1 Å². The molecule has 5 heteroatoms. The number of rotatable bonds is 4. The van der Waals surface area contributed by atoms with Crippen LogP contribution in [0.15, 0.2) is 48.5 Å². The van der Waals surface area contributed by atoms with Crippen LogP contribution in [0.5, 0.6) is 11.5 Å². The second-order valence-electron chi connectivity index (χ2n) is 4.50. The molecular formula is C15H11ClO4. The molecule has 1 fully saturated rings. The third kappa shape index (κ3) is 2.35. The van der Waals surface area contributed by atoms with E-state index < -0.39 is 11.6 Å². The van der Waals surface area contributed by atoms with E-state index in [0.717, 1.165) is 0 Å². The van der Waals surface area contributed by atoms with Crippen molar-refractivity contribution in [2.75, 3.05) is 6.61 Å². The van der Waals surface area contributed by atoms with Crippen molar-refractivity contribution in [3.05, 3.63) is 59.1 Å². The van der Waals surface area contributed by atoms with Gasteiger partial charge in [-0.15, -0.1) is 0 Å². The van der Waals surface area contributed by atoms with E-state index in [9.17, 15) is 9.90 Å². The van der Waals surface area contributed by atoms with E-state index >= 15 is 0 Å². The van der Waals surface area contributed by atoms with Crippen LogP contribution in [0.4, 0.5) is 0 Å². The van der Waals surface area contributed by atoms with Crippen LogP contribution in [0.2, 0.25) is 5.02 Å². The fraction of sp³-hybridized carbons (Fsp3) is 0.133. The summed E-state index contributed by atoms with van der Waals surface area (Å²) in [6.07, 6.45) is 0. The Bertz CT molecular complexity index is 647. The highest BCUT2D eigenvalue weighted by atomic mass is 35.5. The molecule has 1 aliphatic heterocycles. The molecule has 0 aliphatic carbocycles. The number of ether oxygens (including phenoxy) is 2. The van der Waals surface area contributed by atoms with Gasteiger partial charge in [-0.05, 0) is 36.4 Å². The summed E-state index contributed by atoms with van der Waals surface area (Å²) >= 11 is 5.81. The number of benzene rings is 2. The van der Waals surface area contributed by atoms with Crippen LogP contribution in [0.1, 0.15) is 5.56 Å². The van der Waals surface area contributed by atoms with Crippen molar-refractivity contribution in [3.63, 3.8) is 0 Å². The third-order valence-corrected chi connectivity index (χ3v) is 3.38. The van der Waals surface area contributed by atoms with Crippen molar-refractivity contribution < 1.29 is 19.4 Å². The molecule has 1 N–H and O–H groups in total. The molecule has 0 amide bonds. The average Bonchev–Trinajstić information content (AvgIpc) is 3.23. The summed E-state index contributed by atoms with van der Waals surface area (Å²) in [7, 11) is 0. The molecule has 0 unspecified atom stereocenters. The summed E-state index contributed by atoms with van der Waals surface area (Å²) < 4.78 is 10.8. The van der Waals surface area contributed by atoms with E-state index in [2.05, 4.69) is 0 Å². The van der Waals surface area contributed by atoms with Crippen molar-refractivity contribution >= 4 is 17.6 Å². The van der Waals surface area contributed by atoms with Gasteiger partial charge in [0, 0.05) is 10.6 Å². The van der Waals surface area contributed by atoms with Gasteiger partial charge in [-0.1, -0.05) is 23.7 Å². The van der Waals surface area contributed by atoms with Crippen LogP contribution in [-0.2, 0) is 15.1 Å². The highest BCUT2D eigenvalue weighted by Crippen LogP contribution is 2.40. The molecule has 0 saturated carbocycles. The Hall–Kier alpha value is -2.04. The first-order valence-electron chi connectivity index (χ1n) is 6.01. The van der Waals surface area contributed by atoms with Crippen LogP contribution < -0.4 is 4.74 Å². The minimum Gasteiger partial charge on any atom is -0.479 e. The normalized spacial score (nSPS) is 20.4. The third-order valence-electron chi connectivity index (χ3n) is 3.13. The molecule has 3 rings (SSSR count). The first kappa shape index (κ1) is 13.0. The smallest absolute Gasteiger partial charge is 0.343 e. The molecule has 2 aromatic carbocycles. The van der Waals surface area contributed by atoms with Crippen LogP contribution in [0.25, 0.3) is 0 Å². The van der Waals surface area contributed by atoms with Crippen molar-refractivity contribution in [2.24, 2.45) is 0 Å². The molecule has 1 saturated heterocycles. The molecule has 4 nitrogen and oxygen atoms in total. The summed E-state index contributed by atoms with van der Waals surface area (Å²) in [6, 6.07) is 13.8. The summed E-state index contributed by atoms with van der Waals surface area (Å²) in [4.78, 5) is 11.2. The second kappa shape index (κ2) is 4.81. The summed E-state index contributed by atoms with van der Waals surface area (Å²) in [6.45, 7) is 0.187. The molecule has 1 heterocycles. The predicted octanol–water partition coefficient (Wildman–Crippen LogP) is 3.44. The number of halogens is 1. The molecule has 20 heavy (non-hydrogen) atoms. The molecule has 2 aromatic rings. The summed E-state index contributed by atoms with van der Waals surface area (Å²) in [5.41, 5.74) is -0.629. The van der Waals surface area contributed by atoms with E-state index in [1.54, 1.807) is 48.5 Å². The van der Waals surface area contributed by atoms with E-state index in [1.807, 2.05) is 0 Å². The van der Waals surface area contributed by atoms with Crippen molar-refractivity contribution in [1.29, 1.82) is 0 Å². The van der Waals surface area contributed by atoms with Crippen LogP contribution in [-0.4, -0.2) is 17.7 Å². The van der Waals surface area contributed by atoms with Crippen molar-refractivity contribution in [1.82, 2.24) is 0 Å². The maximum absolute atomic E-state index is 11.2. The number of carboxylic acid groups (broad SMARTS) is 1. The zero-order valence-electron chi connectivity index (χ0n) is 10.4. The minimum absolute atomic E-state index is 0.187. The lowest BCUT2D eigenvalue weighted by molar-refractivity contribution is -0.143. The van der Waals surface area contributed by atoms with Crippen LogP contribution in [0.3, 0.4) is 0 Å². The fourth-order valence-electron chi connectivity index (χ4n) is 1.94. The zero-order valence-corrected chi connectivity index (χ0v) is 11.1. The van der Waals surface area contributed by atoms with Gasteiger partial charge in [0.05, 0.1) is 6.61 Å². The van der Waals surface area contributed by atoms with Gasteiger partial charge in [0.25, 0.3) is 0 Å². The van der Waals surface area contributed by atoms with Gasteiger partial charge in [-0.2, -0.15) is 0 Å². The first-order valence-corrected chi connectivity index (χ1v) is 6.39. The Balaban J connectivity index is 1.85. The molecule has 102 valence electrons. The van der Waals surface area contributed by atoms with Crippen molar-refractivity contribution in [3.8, 4) is 11.5 Å². The Labute approximate surface area is 120 Å². The molecular weight excluding hydrogens is 280 g/mol. The Kier molecular flexibility index (Phi) is 3.12. The Morgan fingerprint density at radius 1 is 1.20 bits per heavy atom. The van der Waals surface area contributed by atoms with E-state index in [4.69, 9.17) is 21.1 Å². The first-order chi connectivity index (χ1) is 9.60. The van der Waals surface area contributed by atoms with Gasteiger partial charge < -0.3 is 14.6 Å². The number of epoxide rings is 1. The van der Waals surface area contributed by atoms with Gasteiger partial charge in [-0.25, -0.2) is 4.79 Å². The standard InChI is InChI=1S/C15H11ClO4/c16-11-4-6-12(7-5-11)20-13-3-1-2-10(8-13)15(9-19-15)14(17)18/h1-8H,9H2,(H,17,18)/t15-/m0/s1. The summed E-state index contributed by atoms with van der Waals surface area (Å²) in [5, 5.41) is 9.82. The van der Waals surface area contributed by atoms with Crippen LogP contribution >= 0.6 is 11.6 Å². The monoisotopic (exact) mass is 290 g/mol. The van der Waals surface area contributed by atoms with E-state index in [0.29, 0.717) is 22.1 Å². The van der Waals surface area contributed by atoms with Crippen molar-refractivity contribution in [2.45, 2.75) is 5.60 Å². The number of hydrogen-bond donors (Lipinski definition) is 1. The fourth-order valence-corrected chi connectivity index (χ4v) is 2.06. The van der Waals surface area contributed by atoms with Gasteiger partial charge in [0.2, 0.25) is 5.60 Å². The Morgan fingerprint density at radius 3 is 2.50 bits per heavy atom. The number of aliphatic carboxylic acids is 1. The lowest BCUT2D eigenvalue weighted by Gasteiger charge is -2.10. The predicted molar refractivity (Wildman–Crippen MR) is 73.2 cm³/mol. The molecule has 0 bridgehead atoms. The maximum Gasteiger partial charge on any atom is 0.343 e. The SMILES string of the molecule is O=C(O)[C@@]1(c2cccc(Oc3ccc(Cl)cc3)c2)CO1. The lowest BCUT2D eigenvalue weighted by atomic mass is 10.0. The molecule has 1 aliphatic rings. The van der Waals surface area contributed by atoms with E-state index in [-0.39, 0.29) is 6.61 Å². The Morgan fingerprint density at radius 2 is 1.90 bits per heavy atom. The summed E-state index contributed by atoms with van der Waals surface area (Å²) in [5.74, 6) is 0.203. The van der Waals surface area contributed by atoms with Gasteiger partial charge in [-0.3, -0.25) is 0 Å². The minimum atomic E-state index is -1.21. The largest absolute Gasteiger partial charge is 0.479 e. The molecule has 1 atom stereocenters. The molecule has 0 radical (unpaired) electrons. The average molecular weight is 291 g/mol. The number of carbonyl (C=O) groups is 1. The molecule has 0 aromatic heterocycles. The van der Waals surface area contributed by atoms with Gasteiger partial charge in [0.1, 0.15) is 11.5 Å². The van der Waals surface area contributed by atoms with Crippen LogP contribution in [0, 0.1) is 0 Å². The zero-order chi connectivity index (χ0) is 14.2. The number of hydrogen-bond acceptors (Lipinski definition) is 3. The molecule has 0 spiro atoms. The highest BCUT2D eigenvalue weighted by molar-refractivity contribution is 6.30.